The second-order valence-corrected chi connectivity index (χ2v) is 9.90. The van der Waals surface area contributed by atoms with E-state index in [1.807, 2.05) is 36.5 Å². The van der Waals surface area contributed by atoms with Crippen LogP contribution in [0.15, 0.2) is 75.5 Å². The van der Waals surface area contributed by atoms with E-state index < -0.39 is 10.0 Å². The number of thioether (sulfide) groups is 1. The Bertz CT molecular complexity index is 1280. The van der Waals surface area contributed by atoms with E-state index in [0.717, 1.165) is 11.3 Å². The van der Waals surface area contributed by atoms with E-state index in [1.54, 1.807) is 29.1 Å². The predicted octanol–water partition coefficient (Wildman–Crippen LogP) is 3.33. The molecule has 160 valence electrons. The third-order valence-corrected chi connectivity index (χ3v) is 7.81. The molecule has 2 aromatic carbocycles. The fourth-order valence-corrected chi connectivity index (χ4v) is 5.58. The van der Waals surface area contributed by atoms with E-state index in [4.69, 9.17) is 9.15 Å². The maximum Gasteiger partial charge on any atom is 0.257 e. The summed E-state index contributed by atoms with van der Waals surface area (Å²) in [5.74, 6) is 0.686. The van der Waals surface area contributed by atoms with Crippen LogP contribution in [-0.2, 0) is 20.5 Å². The first-order valence-corrected chi connectivity index (χ1v) is 12.2. The van der Waals surface area contributed by atoms with Crippen molar-refractivity contribution < 1.29 is 17.6 Å². The van der Waals surface area contributed by atoms with E-state index >= 15 is 0 Å². The topological polar surface area (TPSA) is 90.5 Å². The summed E-state index contributed by atoms with van der Waals surface area (Å²) in [4.78, 5) is 4.70. The lowest BCUT2D eigenvalue weighted by Gasteiger charge is -2.25. The maximum absolute atomic E-state index is 12.9. The number of oxazole rings is 1. The molecule has 0 saturated carbocycles. The van der Waals surface area contributed by atoms with Crippen LogP contribution in [0.2, 0.25) is 0 Å². The molecule has 1 fully saturated rings. The average Bonchev–Trinajstić information content (AvgIpc) is 3.48. The number of hydrogen-bond acceptors (Lipinski definition) is 7. The Labute approximate surface area is 183 Å². The number of nitrogens with zero attached hydrogens (tertiary/aromatic N) is 4. The van der Waals surface area contributed by atoms with Gasteiger partial charge in [0, 0.05) is 31.2 Å². The molecule has 0 atom stereocenters. The Morgan fingerprint density at radius 3 is 2.61 bits per heavy atom. The molecule has 1 aliphatic rings. The lowest BCUT2D eigenvalue weighted by Crippen LogP contribution is -2.40. The van der Waals surface area contributed by atoms with E-state index in [0.29, 0.717) is 48.4 Å². The smallest absolute Gasteiger partial charge is 0.257 e. The summed E-state index contributed by atoms with van der Waals surface area (Å²) in [5.41, 5.74) is 3.22. The first-order chi connectivity index (χ1) is 15.1. The molecule has 0 N–H and O–H groups in total. The molecule has 31 heavy (non-hydrogen) atoms. The second kappa shape index (κ2) is 8.46. The minimum atomic E-state index is -3.56. The fourth-order valence-electron chi connectivity index (χ4n) is 3.36. The van der Waals surface area contributed by atoms with Crippen LogP contribution in [0.5, 0.6) is 0 Å². The van der Waals surface area contributed by atoms with Gasteiger partial charge in [-0.05, 0) is 42.0 Å². The molecular weight excluding hydrogens is 436 g/mol. The molecular formula is C21H20N4O4S2. The van der Waals surface area contributed by atoms with Crippen molar-refractivity contribution in [2.24, 2.45) is 0 Å². The zero-order chi connectivity index (χ0) is 21.3. The molecule has 0 radical (unpaired) electrons. The van der Waals surface area contributed by atoms with Crippen molar-refractivity contribution in [2.75, 3.05) is 26.3 Å². The molecule has 3 heterocycles. The number of aromatic nitrogens is 3. The predicted molar refractivity (Wildman–Crippen MR) is 117 cm³/mol. The van der Waals surface area contributed by atoms with Crippen LogP contribution >= 0.6 is 11.8 Å². The van der Waals surface area contributed by atoms with Crippen molar-refractivity contribution >= 4 is 32.9 Å². The number of hydrogen-bond donors (Lipinski definition) is 0. The van der Waals surface area contributed by atoms with Crippen molar-refractivity contribution in [2.45, 2.75) is 15.9 Å². The lowest BCUT2D eigenvalue weighted by atomic mass is 10.2. The molecule has 0 aliphatic carbocycles. The molecule has 10 heteroatoms. The van der Waals surface area contributed by atoms with Gasteiger partial charge in [-0.3, -0.25) is 0 Å². The lowest BCUT2D eigenvalue weighted by molar-refractivity contribution is 0.0730. The van der Waals surface area contributed by atoms with Gasteiger partial charge in [-0.1, -0.05) is 23.9 Å². The largest absolute Gasteiger partial charge is 0.431 e. The summed E-state index contributed by atoms with van der Waals surface area (Å²) < 4.78 is 40.0. The summed E-state index contributed by atoms with van der Waals surface area (Å²) in [6, 6.07) is 14.8. The summed E-state index contributed by atoms with van der Waals surface area (Å²) in [7, 11) is -3.56. The molecule has 0 unspecified atom stereocenters. The number of morpholine rings is 1. The SMILES string of the molecule is O=S(=O)(c1ccc2oc(SCc3ccc(-n4cccn4)cc3)nc2c1)N1CCOCC1. The third kappa shape index (κ3) is 4.24. The maximum atomic E-state index is 12.9. The Hall–Kier alpha value is -2.66. The fraction of sp³-hybridized carbons (Fsp3) is 0.238. The van der Waals surface area contributed by atoms with Gasteiger partial charge in [0.1, 0.15) is 5.52 Å². The van der Waals surface area contributed by atoms with Crippen molar-refractivity contribution in [3.05, 3.63) is 66.5 Å². The van der Waals surface area contributed by atoms with Gasteiger partial charge in [-0.25, -0.2) is 18.1 Å². The molecule has 0 bridgehead atoms. The van der Waals surface area contributed by atoms with E-state index in [2.05, 4.69) is 10.1 Å². The van der Waals surface area contributed by atoms with Gasteiger partial charge in [0.2, 0.25) is 10.0 Å². The van der Waals surface area contributed by atoms with Crippen LogP contribution in [0, 0.1) is 0 Å². The molecule has 0 spiro atoms. The summed E-state index contributed by atoms with van der Waals surface area (Å²) in [6.45, 7) is 1.54. The summed E-state index contributed by atoms with van der Waals surface area (Å²) in [6.07, 6.45) is 3.64. The van der Waals surface area contributed by atoms with Crippen molar-refractivity contribution in [1.29, 1.82) is 0 Å². The van der Waals surface area contributed by atoms with E-state index in [1.165, 1.54) is 16.1 Å². The average molecular weight is 457 g/mol. The summed E-state index contributed by atoms with van der Waals surface area (Å²) >= 11 is 1.47. The van der Waals surface area contributed by atoms with Crippen LogP contribution in [0.4, 0.5) is 0 Å². The third-order valence-electron chi connectivity index (χ3n) is 5.01. The summed E-state index contributed by atoms with van der Waals surface area (Å²) in [5, 5.41) is 4.73. The van der Waals surface area contributed by atoms with Crippen molar-refractivity contribution in [1.82, 2.24) is 19.1 Å². The Morgan fingerprint density at radius 2 is 1.87 bits per heavy atom. The molecule has 8 nitrogen and oxygen atoms in total. The van der Waals surface area contributed by atoms with Gasteiger partial charge in [0.05, 0.1) is 23.8 Å². The van der Waals surface area contributed by atoms with Crippen LogP contribution in [-0.4, -0.2) is 53.8 Å². The molecule has 0 amide bonds. The molecule has 4 aromatic rings. The van der Waals surface area contributed by atoms with Crippen LogP contribution in [0.1, 0.15) is 5.56 Å². The minimum absolute atomic E-state index is 0.223. The number of ether oxygens (including phenoxy) is 1. The highest BCUT2D eigenvalue weighted by Crippen LogP contribution is 2.29. The van der Waals surface area contributed by atoms with Crippen molar-refractivity contribution in [3.63, 3.8) is 0 Å². The highest BCUT2D eigenvalue weighted by Gasteiger charge is 2.27. The standard InChI is InChI=1S/C21H20N4O4S2/c26-31(27,24-10-12-28-13-11-24)18-6-7-20-19(14-18)23-21(29-20)30-15-16-2-4-17(5-3-16)25-9-1-8-22-25/h1-9,14H,10-13,15H2. The molecule has 1 saturated heterocycles. The van der Waals surface area contributed by atoms with Gasteiger partial charge in [0.25, 0.3) is 5.22 Å². The molecule has 2 aromatic heterocycles. The Kier molecular flexibility index (Phi) is 5.53. The van der Waals surface area contributed by atoms with Crippen LogP contribution in [0.25, 0.3) is 16.8 Å². The van der Waals surface area contributed by atoms with E-state index in [-0.39, 0.29) is 4.90 Å². The Balaban J connectivity index is 1.30. The quantitative estimate of drug-likeness (QED) is 0.411. The van der Waals surface area contributed by atoms with Gasteiger partial charge in [0.15, 0.2) is 5.58 Å². The van der Waals surface area contributed by atoms with Gasteiger partial charge >= 0.3 is 0 Å². The Morgan fingerprint density at radius 1 is 1.06 bits per heavy atom. The first kappa shape index (κ1) is 20.3. The number of rotatable bonds is 6. The monoisotopic (exact) mass is 456 g/mol. The van der Waals surface area contributed by atoms with Crippen LogP contribution in [0.3, 0.4) is 0 Å². The highest BCUT2D eigenvalue weighted by atomic mass is 32.2. The minimum Gasteiger partial charge on any atom is -0.431 e. The van der Waals surface area contributed by atoms with Crippen molar-refractivity contribution in [3.8, 4) is 5.69 Å². The second-order valence-electron chi connectivity index (χ2n) is 7.03. The van der Waals surface area contributed by atoms with Gasteiger partial charge in [-0.15, -0.1) is 0 Å². The normalized spacial score (nSPS) is 15.5. The molecule has 5 rings (SSSR count). The number of benzene rings is 2. The zero-order valence-corrected chi connectivity index (χ0v) is 18.2. The first-order valence-electron chi connectivity index (χ1n) is 9.80. The number of fused-ring (bicyclic) bond motifs is 1. The zero-order valence-electron chi connectivity index (χ0n) is 16.5. The van der Waals surface area contributed by atoms with E-state index in [9.17, 15) is 8.42 Å². The molecule has 1 aliphatic heterocycles. The number of sulfonamides is 1. The van der Waals surface area contributed by atoms with Gasteiger partial charge < -0.3 is 9.15 Å². The van der Waals surface area contributed by atoms with Gasteiger partial charge in [-0.2, -0.15) is 9.40 Å². The van der Waals surface area contributed by atoms with Crippen LogP contribution < -0.4 is 0 Å². The highest BCUT2D eigenvalue weighted by molar-refractivity contribution is 7.98.